The molecule has 0 fully saturated rings. The van der Waals surface area contributed by atoms with E-state index in [-0.39, 0.29) is 5.82 Å². The van der Waals surface area contributed by atoms with Crippen molar-refractivity contribution in [3.05, 3.63) is 17.5 Å². The highest BCUT2D eigenvalue weighted by Gasteiger charge is 2.13. The van der Waals surface area contributed by atoms with E-state index in [1.165, 1.54) is 0 Å². The van der Waals surface area contributed by atoms with E-state index < -0.39 is 5.91 Å². The van der Waals surface area contributed by atoms with Crippen molar-refractivity contribution in [2.45, 2.75) is 13.8 Å². The second kappa shape index (κ2) is 3.73. The van der Waals surface area contributed by atoms with Crippen molar-refractivity contribution < 1.29 is 4.79 Å². The zero-order valence-electron chi connectivity index (χ0n) is 8.11. The first-order valence-corrected chi connectivity index (χ1v) is 4.93. The standard InChI is InChI=1S/C7H8N6OS/c1-3-8-5(12-11-3)6(14)10-7-9-4(2)13-15-7/h1-2H3,(H,8,11,12)(H,9,10,13,14). The lowest BCUT2D eigenvalue weighted by Gasteiger charge is -1.94. The molecule has 2 N–H and O–H groups in total. The Hall–Kier alpha value is -1.83. The van der Waals surface area contributed by atoms with E-state index in [9.17, 15) is 4.79 Å². The average molecular weight is 224 g/mol. The number of amides is 1. The van der Waals surface area contributed by atoms with Crippen LogP contribution in [-0.4, -0.2) is 30.4 Å². The summed E-state index contributed by atoms with van der Waals surface area (Å²) in [6.45, 7) is 3.47. The second-order valence-electron chi connectivity index (χ2n) is 2.85. The lowest BCUT2D eigenvalue weighted by molar-refractivity contribution is 0.101. The van der Waals surface area contributed by atoms with Gasteiger partial charge in [-0.05, 0) is 13.8 Å². The average Bonchev–Trinajstić information content (AvgIpc) is 2.75. The largest absolute Gasteiger partial charge is 0.297 e. The number of aromatic amines is 1. The predicted octanol–water partition coefficient (Wildman–Crippen LogP) is 0.525. The number of carbonyl (C=O) groups is 1. The Balaban J connectivity index is 2.10. The van der Waals surface area contributed by atoms with Crippen LogP contribution < -0.4 is 5.32 Å². The Morgan fingerprint density at radius 1 is 1.40 bits per heavy atom. The summed E-state index contributed by atoms with van der Waals surface area (Å²) in [6, 6.07) is 0. The summed E-state index contributed by atoms with van der Waals surface area (Å²) in [5, 5.41) is 9.31. The van der Waals surface area contributed by atoms with E-state index in [4.69, 9.17) is 0 Å². The van der Waals surface area contributed by atoms with Gasteiger partial charge in [-0.15, -0.1) is 5.10 Å². The molecule has 0 saturated carbocycles. The molecule has 0 aromatic carbocycles. The minimum atomic E-state index is -0.393. The third kappa shape index (κ3) is 2.15. The quantitative estimate of drug-likeness (QED) is 0.775. The van der Waals surface area contributed by atoms with Gasteiger partial charge in [0.05, 0.1) is 0 Å². The van der Waals surface area contributed by atoms with Gasteiger partial charge in [0.25, 0.3) is 5.91 Å². The fraction of sp³-hybridized carbons (Fsp3) is 0.286. The lowest BCUT2D eigenvalue weighted by Crippen LogP contribution is -2.13. The number of aryl methyl sites for hydroxylation is 2. The summed E-state index contributed by atoms with van der Waals surface area (Å²) in [5.41, 5.74) is 0. The minimum absolute atomic E-state index is 0.0975. The maximum atomic E-state index is 11.5. The number of hydrogen-bond acceptors (Lipinski definition) is 6. The van der Waals surface area contributed by atoms with Crippen LogP contribution in [0.25, 0.3) is 0 Å². The third-order valence-corrected chi connectivity index (χ3v) is 2.27. The molecule has 2 heterocycles. The van der Waals surface area contributed by atoms with Gasteiger partial charge in [0.1, 0.15) is 11.6 Å². The molecule has 0 aliphatic carbocycles. The Morgan fingerprint density at radius 2 is 2.20 bits per heavy atom. The zero-order valence-corrected chi connectivity index (χ0v) is 8.92. The molecule has 7 nitrogen and oxygen atoms in total. The van der Waals surface area contributed by atoms with Crippen molar-refractivity contribution in [2.24, 2.45) is 0 Å². The molecule has 78 valence electrons. The zero-order chi connectivity index (χ0) is 10.8. The van der Waals surface area contributed by atoms with Crippen LogP contribution in [0.1, 0.15) is 22.3 Å². The molecule has 1 amide bonds. The molecule has 0 unspecified atom stereocenters. The van der Waals surface area contributed by atoms with Crippen LogP contribution in [0.4, 0.5) is 5.13 Å². The van der Waals surface area contributed by atoms with E-state index >= 15 is 0 Å². The SMILES string of the molecule is Cc1nsc(NC(=O)c2n[nH]c(C)n2)n1. The van der Waals surface area contributed by atoms with Gasteiger partial charge in [0.15, 0.2) is 0 Å². The molecule has 0 radical (unpaired) electrons. The van der Waals surface area contributed by atoms with Gasteiger partial charge >= 0.3 is 0 Å². The first kappa shape index (κ1) is 9.71. The number of nitrogens with one attached hydrogen (secondary N) is 2. The molecule has 15 heavy (non-hydrogen) atoms. The molecular formula is C7H8N6OS. The molecule has 0 atom stereocenters. The highest BCUT2D eigenvalue weighted by Crippen LogP contribution is 2.10. The summed E-state index contributed by atoms with van der Waals surface area (Å²) < 4.78 is 3.94. The van der Waals surface area contributed by atoms with Gasteiger partial charge in [-0.2, -0.15) is 4.37 Å². The summed E-state index contributed by atoms with van der Waals surface area (Å²) in [5.74, 6) is 0.922. The van der Waals surface area contributed by atoms with E-state index in [0.717, 1.165) is 11.5 Å². The van der Waals surface area contributed by atoms with Crippen LogP contribution in [0.5, 0.6) is 0 Å². The fourth-order valence-electron chi connectivity index (χ4n) is 0.945. The molecule has 8 heteroatoms. The van der Waals surface area contributed by atoms with Crippen molar-refractivity contribution in [3.8, 4) is 0 Å². The maximum Gasteiger partial charge on any atom is 0.297 e. The summed E-state index contributed by atoms with van der Waals surface area (Å²) >= 11 is 1.12. The van der Waals surface area contributed by atoms with E-state index in [1.807, 2.05) is 0 Å². The molecule has 0 aliphatic rings. The topological polar surface area (TPSA) is 96.5 Å². The van der Waals surface area contributed by atoms with Crippen LogP contribution in [-0.2, 0) is 0 Å². The molecule has 2 rings (SSSR count). The molecule has 2 aromatic rings. The summed E-state index contributed by atoms with van der Waals surface area (Å²) in [4.78, 5) is 19.4. The van der Waals surface area contributed by atoms with Crippen LogP contribution in [0, 0.1) is 13.8 Å². The number of carbonyl (C=O) groups excluding carboxylic acids is 1. The first-order chi connectivity index (χ1) is 7.15. The normalized spacial score (nSPS) is 10.3. The predicted molar refractivity (Wildman–Crippen MR) is 53.7 cm³/mol. The van der Waals surface area contributed by atoms with Crippen molar-refractivity contribution in [1.29, 1.82) is 0 Å². The minimum Gasteiger partial charge on any atom is -0.294 e. The molecule has 2 aromatic heterocycles. The lowest BCUT2D eigenvalue weighted by atomic mass is 10.5. The number of H-pyrrole nitrogens is 1. The van der Waals surface area contributed by atoms with Crippen LogP contribution in [0.2, 0.25) is 0 Å². The van der Waals surface area contributed by atoms with Gasteiger partial charge in [-0.25, -0.2) is 9.97 Å². The second-order valence-corrected chi connectivity index (χ2v) is 3.60. The van der Waals surface area contributed by atoms with Crippen LogP contribution in [0.15, 0.2) is 0 Å². The Labute approximate surface area is 89.1 Å². The fourth-order valence-corrected chi connectivity index (χ4v) is 1.52. The summed E-state index contributed by atoms with van der Waals surface area (Å²) in [7, 11) is 0. The number of anilines is 1. The van der Waals surface area contributed by atoms with E-state index in [0.29, 0.717) is 16.8 Å². The Kier molecular flexibility index (Phi) is 2.42. The monoisotopic (exact) mass is 224 g/mol. The molecule has 0 bridgehead atoms. The van der Waals surface area contributed by atoms with Crippen LogP contribution >= 0.6 is 11.5 Å². The van der Waals surface area contributed by atoms with Crippen molar-refractivity contribution >= 4 is 22.6 Å². The van der Waals surface area contributed by atoms with Gasteiger partial charge in [-0.1, -0.05) is 0 Å². The highest BCUT2D eigenvalue weighted by molar-refractivity contribution is 7.09. The smallest absolute Gasteiger partial charge is 0.294 e. The Morgan fingerprint density at radius 3 is 2.73 bits per heavy atom. The van der Waals surface area contributed by atoms with Crippen molar-refractivity contribution in [1.82, 2.24) is 24.5 Å². The van der Waals surface area contributed by atoms with E-state index in [2.05, 4.69) is 29.9 Å². The van der Waals surface area contributed by atoms with E-state index in [1.54, 1.807) is 13.8 Å². The highest BCUT2D eigenvalue weighted by atomic mass is 32.1. The molecular weight excluding hydrogens is 216 g/mol. The van der Waals surface area contributed by atoms with Gasteiger partial charge < -0.3 is 0 Å². The molecule has 0 saturated heterocycles. The number of nitrogens with zero attached hydrogens (tertiary/aromatic N) is 4. The van der Waals surface area contributed by atoms with Gasteiger partial charge in [0.2, 0.25) is 11.0 Å². The maximum absolute atomic E-state index is 11.5. The van der Waals surface area contributed by atoms with Gasteiger partial charge in [0, 0.05) is 11.5 Å². The van der Waals surface area contributed by atoms with Crippen molar-refractivity contribution in [3.63, 3.8) is 0 Å². The first-order valence-electron chi connectivity index (χ1n) is 4.16. The number of hydrogen-bond donors (Lipinski definition) is 2. The Bertz CT molecular complexity index is 489. The third-order valence-electron chi connectivity index (χ3n) is 1.55. The number of rotatable bonds is 2. The van der Waals surface area contributed by atoms with Crippen molar-refractivity contribution in [2.75, 3.05) is 5.32 Å². The van der Waals surface area contributed by atoms with Crippen LogP contribution in [0.3, 0.4) is 0 Å². The summed E-state index contributed by atoms with van der Waals surface area (Å²) in [6.07, 6.45) is 0. The van der Waals surface area contributed by atoms with Gasteiger partial charge in [-0.3, -0.25) is 15.2 Å². The number of aromatic nitrogens is 5. The molecule has 0 aliphatic heterocycles. The molecule has 0 spiro atoms.